The van der Waals surface area contributed by atoms with Gasteiger partial charge in [0.15, 0.2) is 11.9 Å². The molecule has 4 aromatic rings. The van der Waals surface area contributed by atoms with Crippen LogP contribution in [-0.2, 0) is 0 Å². The van der Waals surface area contributed by atoms with Gasteiger partial charge in [-0.1, -0.05) is 12.1 Å². The summed E-state index contributed by atoms with van der Waals surface area (Å²) in [6.07, 6.45) is 4.66. The number of fused-ring (bicyclic) bond motifs is 1. The summed E-state index contributed by atoms with van der Waals surface area (Å²) in [7, 11) is 0. The van der Waals surface area contributed by atoms with Gasteiger partial charge in [-0.25, -0.2) is 4.98 Å². The smallest absolute Gasteiger partial charge is 0.256 e. The standard InChI is InChI=1S/C24H22N4O3/c1-15(2)26-24(30)21-14-27(23-20(22(21)29)8-5-11-25-23)19-7-4-6-17(12-19)18-10-9-16(3)28(31)13-18/h4-15H,1-3H3,(H,26,30). The maximum absolute atomic E-state index is 12.9. The Labute approximate surface area is 179 Å². The molecule has 1 amide bonds. The van der Waals surface area contributed by atoms with E-state index in [2.05, 4.69) is 10.3 Å². The third-order valence-electron chi connectivity index (χ3n) is 4.99. The van der Waals surface area contributed by atoms with Crippen molar-refractivity contribution in [2.24, 2.45) is 0 Å². The minimum absolute atomic E-state index is 0.0485. The molecule has 0 aliphatic carbocycles. The molecule has 1 N–H and O–H groups in total. The molecule has 7 nitrogen and oxygen atoms in total. The number of benzene rings is 1. The first-order valence-electron chi connectivity index (χ1n) is 9.97. The van der Waals surface area contributed by atoms with Gasteiger partial charge in [-0.15, -0.1) is 0 Å². The quantitative estimate of drug-likeness (QED) is 0.410. The lowest BCUT2D eigenvalue weighted by atomic mass is 10.1. The highest BCUT2D eigenvalue weighted by molar-refractivity contribution is 5.97. The highest BCUT2D eigenvalue weighted by Crippen LogP contribution is 2.23. The summed E-state index contributed by atoms with van der Waals surface area (Å²) in [6.45, 7) is 5.42. The van der Waals surface area contributed by atoms with E-state index in [0.29, 0.717) is 16.7 Å². The highest BCUT2D eigenvalue weighted by Gasteiger charge is 2.17. The molecule has 0 bridgehead atoms. The van der Waals surface area contributed by atoms with Gasteiger partial charge in [0.05, 0.1) is 5.39 Å². The molecule has 0 radical (unpaired) electrons. The minimum Gasteiger partial charge on any atom is -0.618 e. The van der Waals surface area contributed by atoms with E-state index in [1.54, 1.807) is 35.9 Å². The van der Waals surface area contributed by atoms with E-state index >= 15 is 0 Å². The molecule has 0 aliphatic heterocycles. The molecule has 0 atom stereocenters. The summed E-state index contributed by atoms with van der Waals surface area (Å²) in [5.74, 6) is -0.429. The Hall–Kier alpha value is -4.00. The van der Waals surface area contributed by atoms with Crippen molar-refractivity contribution in [1.82, 2.24) is 14.9 Å². The second-order valence-electron chi connectivity index (χ2n) is 7.68. The van der Waals surface area contributed by atoms with Crippen LogP contribution in [0.25, 0.3) is 27.8 Å². The molecule has 1 aromatic carbocycles. The number of aryl methyl sites for hydroxylation is 1. The normalized spacial score (nSPS) is 11.1. The zero-order valence-electron chi connectivity index (χ0n) is 17.5. The van der Waals surface area contributed by atoms with E-state index in [-0.39, 0.29) is 17.0 Å². The van der Waals surface area contributed by atoms with Gasteiger partial charge in [-0.3, -0.25) is 9.59 Å². The minimum atomic E-state index is -0.429. The topological polar surface area (TPSA) is 90.9 Å². The Morgan fingerprint density at radius 3 is 2.68 bits per heavy atom. The van der Waals surface area contributed by atoms with E-state index in [9.17, 15) is 14.8 Å². The predicted molar refractivity (Wildman–Crippen MR) is 119 cm³/mol. The Bertz CT molecular complexity index is 1360. The third kappa shape index (κ3) is 3.90. The molecule has 156 valence electrons. The first-order chi connectivity index (χ1) is 14.8. The van der Waals surface area contributed by atoms with Gasteiger partial charge in [0.25, 0.3) is 5.91 Å². The van der Waals surface area contributed by atoms with Gasteiger partial charge in [0.1, 0.15) is 11.2 Å². The monoisotopic (exact) mass is 414 g/mol. The lowest BCUT2D eigenvalue weighted by molar-refractivity contribution is -0.611. The number of nitrogens with zero attached hydrogens (tertiary/aromatic N) is 3. The number of pyridine rings is 3. The largest absolute Gasteiger partial charge is 0.618 e. The first kappa shape index (κ1) is 20.3. The van der Waals surface area contributed by atoms with Crippen molar-refractivity contribution in [1.29, 1.82) is 0 Å². The maximum atomic E-state index is 12.9. The highest BCUT2D eigenvalue weighted by atomic mass is 16.5. The van der Waals surface area contributed by atoms with Gasteiger partial charge in [0.2, 0.25) is 5.43 Å². The van der Waals surface area contributed by atoms with E-state index in [4.69, 9.17) is 0 Å². The lowest BCUT2D eigenvalue weighted by Gasteiger charge is -2.15. The van der Waals surface area contributed by atoms with Gasteiger partial charge >= 0.3 is 0 Å². The second-order valence-corrected chi connectivity index (χ2v) is 7.68. The number of hydrogen-bond acceptors (Lipinski definition) is 4. The summed E-state index contributed by atoms with van der Waals surface area (Å²) in [6, 6.07) is 14.4. The summed E-state index contributed by atoms with van der Waals surface area (Å²) in [4.78, 5) is 30.0. The molecule has 31 heavy (non-hydrogen) atoms. The van der Waals surface area contributed by atoms with Crippen molar-refractivity contribution < 1.29 is 9.52 Å². The Balaban J connectivity index is 1.92. The van der Waals surface area contributed by atoms with E-state index in [1.165, 1.54) is 12.4 Å². The van der Waals surface area contributed by atoms with Crippen molar-refractivity contribution in [3.63, 3.8) is 0 Å². The van der Waals surface area contributed by atoms with Crippen LogP contribution in [0.1, 0.15) is 29.9 Å². The fourth-order valence-electron chi connectivity index (χ4n) is 3.42. The number of hydrogen-bond donors (Lipinski definition) is 1. The SMILES string of the molecule is Cc1ccc(-c2cccc(-n3cc(C(=O)NC(C)C)c(=O)c4cccnc43)c2)c[n+]1[O-]. The summed E-state index contributed by atoms with van der Waals surface area (Å²) < 4.78 is 2.56. The molecule has 0 unspecified atom stereocenters. The number of nitrogens with one attached hydrogen (secondary N) is 1. The lowest BCUT2D eigenvalue weighted by Crippen LogP contribution is -2.34. The van der Waals surface area contributed by atoms with Crippen LogP contribution in [0.2, 0.25) is 0 Å². The van der Waals surface area contributed by atoms with Crippen molar-refractivity contribution in [2.75, 3.05) is 0 Å². The zero-order chi connectivity index (χ0) is 22.1. The molecule has 0 fully saturated rings. The number of carbonyl (C=O) groups is 1. The molecule has 3 heterocycles. The predicted octanol–water partition coefficient (Wildman–Crippen LogP) is 3.13. The Morgan fingerprint density at radius 2 is 1.94 bits per heavy atom. The Morgan fingerprint density at radius 1 is 1.13 bits per heavy atom. The van der Waals surface area contributed by atoms with Gasteiger partial charge in [-0.2, -0.15) is 4.73 Å². The number of carbonyl (C=O) groups excluding carboxylic acids is 1. The van der Waals surface area contributed by atoms with E-state index < -0.39 is 5.91 Å². The van der Waals surface area contributed by atoms with Crippen molar-refractivity contribution in [2.45, 2.75) is 26.8 Å². The van der Waals surface area contributed by atoms with Crippen LogP contribution in [0.3, 0.4) is 0 Å². The van der Waals surface area contributed by atoms with Crippen molar-refractivity contribution >= 4 is 16.9 Å². The average molecular weight is 414 g/mol. The van der Waals surface area contributed by atoms with Crippen molar-refractivity contribution in [3.8, 4) is 16.8 Å². The average Bonchev–Trinajstić information content (AvgIpc) is 2.75. The first-order valence-corrected chi connectivity index (χ1v) is 9.97. The van der Waals surface area contributed by atoms with Gasteiger partial charge < -0.3 is 15.1 Å². The zero-order valence-corrected chi connectivity index (χ0v) is 17.5. The fourth-order valence-corrected chi connectivity index (χ4v) is 3.42. The molecule has 4 rings (SSSR count). The van der Waals surface area contributed by atoms with Crippen LogP contribution in [0, 0.1) is 12.1 Å². The fraction of sp³-hybridized carbons (Fsp3) is 0.167. The van der Waals surface area contributed by atoms with Gasteiger partial charge in [-0.05, 0) is 49.7 Å². The molecular weight excluding hydrogens is 392 g/mol. The van der Waals surface area contributed by atoms with E-state index in [1.807, 2.05) is 44.2 Å². The van der Waals surface area contributed by atoms with Crippen LogP contribution >= 0.6 is 0 Å². The number of amides is 1. The molecule has 0 saturated heterocycles. The van der Waals surface area contributed by atoms with Crippen LogP contribution in [-0.4, -0.2) is 21.5 Å². The maximum Gasteiger partial charge on any atom is 0.256 e. The number of aromatic nitrogens is 3. The van der Waals surface area contributed by atoms with Crippen LogP contribution in [0.5, 0.6) is 0 Å². The third-order valence-corrected chi connectivity index (χ3v) is 4.99. The van der Waals surface area contributed by atoms with Crippen LogP contribution in [0.15, 0.2) is 71.9 Å². The van der Waals surface area contributed by atoms with Gasteiger partial charge in [0, 0.05) is 42.7 Å². The molecule has 7 heteroatoms. The Kier molecular flexibility index (Phi) is 5.25. The second kappa shape index (κ2) is 8.02. The van der Waals surface area contributed by atoms with Crippen LogP contribution < -0.4 is 15.5 Å². The van der Waals surface area contributed by atoms with E-state index in [0.717, 1.165) is 21.5 Å². The summed E-state index contributed by atoms with van der Waals surface area (Å²) in [5.41, 5.74) is 3.06. The summed E-state index contributed by atoms with van der Waals surface area (Å²) in [5, 5.41) is 15.2. The van der Waals surface area contributed by atoms with Crippen LogP contribution in [0.4, 0.5) is 0 Å². The van der Waals surface area contributed by atoms with Crippen molar-refractivity contribution in [3.05, 3.63) is 93.8 Å². The molecule has 0 spiro atoms. The number of rotatable bonds is 4. The molecule has 3 aromatic heterocycles. The molecule has 0 aliphatic rings. The molecular formula is C24H22N4O3. The molecule has 0 saturated carbocycles. The summed E-state index contributed by atoms with van der Waals surface area (Å²) >= 11 is 0.